The van der Waals surface area contributed by atoms with Crippen LogP contribution in [-0.4, -0.2) is 23.0 Å². The second kappa shape index (κ2) is 6.89. The average molecular weight is 334 g/mol. The van der Waals surface area contributed by atoms with Gasteiger partial charge in [0, 0.05) is 4.88 Å². The lowest BCUT2D eigenvalue weighted by molar-refractivity contribution is -0.142. The Balaban J connectivity index is 2.53. The summed E-state index contributed by atoms with van der Waals surface area (Å²) in [5.74, 6) is -1.01. The second-order valence-corrected chi connectivity index (χ2v) is 7.02. The van der Waals surface area contributed by atoms with E-state index in [0.717, 1.165) is 8.66 Å². The number of nitrogens with one attached hydrogen (secondary N) is 1. The number of carboxylic acid groups (broad SMARTS) is 1. The number of aliphatic carboxylic acids is 1. The minimum absolute atomic E-state index is 0.220. The van der Waals surface area contributed by atoms with Crippen molar-refractivity contribution in [3.05, 3.63) is 20.8 Å². The van der Waals surface area contributed by atoms with Crippen LogP contribution in [0.1, 0.15) is 25.1 Å². The molecular weight excluding hydrogens is 318 g/mol. The van der Waals surface area contributed by atoms with Gasteiger partial charge in [-0.1, -0.05) is 13.8 Å². The highest BCUT2D eigenvalue weighted by Crippen LogP contribution is 2.22. The predicted molar refractivity (Wildman–Crippen MR) is 74.7 cm³/mol. The van der Waals surface area contributed by atoms with Crippen LogP contribution in [0, 0.1) is 5.92 Å². The van der Waals surface area contributed by atoms with Gasteiger partial charge in [-0.2, -0.15) is 0 Å². The van der Waals surface area contributed by atoms with E-state index in [-0.39, 0.29) is 18.2 Å². The van der Waals surface area contributed by atoms with Crippen molar-refractivity contribution in [2.24, 2.45) is 5.92 Å². The Kier molecular flexibility index (Phi) is 5.81. The molecule has 1 aromatic heterocycles. The largest absolute Gasteiger partial charge is 0.480 e. The maximum Gasteiger partial charge on any atom is 0.326 e. The molecule has 0 aliphatic carbocycles. The van der Waals surface area contributed by atoms with Gasteiger partial charge in [0.05, 0.1) is 10.2 Å². The maximum atomic E-state index is 11.7. The van der Waals surface area contributed by atoms with Crippen LogP contribution in [0.2, 0.25) is 0 Å². The lowest BCUT2D eigenvalue weighted by Gasteiger charge is -2.16. The quantitative estimate of drug-likeness (QED) is 0.841. The molecule has 18 heavy (non-hydrogen) atoms. The highest BCUT2D eigenvalue weighted by atomic mass is 79.9. The molecule has 1 heterocycles. The summed E-state index contributed by atoms with van der Waals surface area (Å²) in [6.45, 7) is 3.86. The van der Waals surface area contributed by atoms with Crippen molar-refractivity contribution < 1.29 is 14.7 Å². The SMILES string of the molecule is CC(C)C[C@H](NC(=O)Cc1ccc(Br)s1)C(=O)O. The highest BCUT2D eigenvalue weighted by molar-refractivity contribution is 9.11. The van der Waals surface area contributed by atoms with Gasteiger partial charge < -0.3 is 10.4 Å². The molecule has 1 amide bonds. The molecule has 1 atom stereocenters. The number of amides is 1. The molecule has 4 nitrogen and oxygen atoms in total. The van der Waals surface area contributed by atoms with Crippen LogP contribution in [0.15, 0.2) is 15.9 Å². The van der Waals surface area contributed by atoms with E-state index in [1.807, 2.05) is 26.0 Å². The zero-order valence-corrected chi connectivity index (χ0v) is 12.7. The van der Waals surface area contributed by atoms with Crippen molar-refractivity contribution in [1.82, 2.24) is 5.32 Å². The summed E-state index contributed by atoms with van der Waals surface area (Å²) in [6, 6.07) is 2.92. The monoisotopic (exact) mass is 333 g/mol. The van der Waals surface area contributed by atoms with Crippen molar-refractivity contribution >= 4 is 39.1 Å². The molecule has 1 aromatic rings. The summed E-state index contributed by atoms with van der Waals surface area (Å²) in [5, 5.41) is 11.6. The molecule has 0 fully saturated rings. The van der Waals surface area contributed by atoms with Crippen molar-refractivity contribution in [1.29, 1.82) is 0 Å². The summed E-state index contributed by atoms with van der Waals surface area (Å²) in [4.78, 5) is 23.7. The molecular formula is C12H16BrNO3S. The van der Waals surface area contributed by atoms with E-state index in [0.29, 0.717) is 6.42 Å². The Hall–Kier alpha value is -0.880. The fraction of sp³-hybridized carbons (Fsp3) is 0.500. The Morgan fingerprint density at radius 2 is 2.11 bits per heavy atom. The molecule has 0 spiro atoms. The van der Waals surface area contributed by atoms with Gasteiger partial charge in [0.15, 0.2) is 0 Å². The van der Waals surface area contributed by atoms with E-state index in [9.17, 15) is 9.59 Å². The van der Waals surface area contributed by atoms with E-state index < -0.39 is 12.0 Å². The summed E-state index contributed by atoms with van der Waals surface area (Å²) in [7, 11) is 0. The van der Waals surface area contributed by atoms with E-state index in [2.05, 4.69) is 21.2 Å². The first-order valence-corrected chi connectivity index (χ1v) is 7.25. The lowest BCUT2D eigenvalue weighted by atomic mass is 10.0. The predicted octanol–water partition coefficient (Wildman–Crippen LogP) is 2.67. The molecule has 0 saturated heterocycles. The van der Waals surface area contributed by atoms with Gasteiger partial charge >= 0.3 is 5.97 Å². The second-order valence-electron chi connectivity index (χ2n) is 4.47. The fourth-order valence-electron chi connectivity index (χ4n) is 1.54. The number of hydrogen-bond acceptors (Lipinski definition) is 3. The van der Waals surface area contributed by atoms with Crippen LogP contribution in [-0.2, 0) is 16.0 Å². The number of thiophene rings is 1. The average Bonchev–Trinajstić information content (AvgIpc) is 2.62. The van der Waals surface area contributed by atoms with E-state index in [4.69, 9.17) is 5.11 Å². The normalized spacial score (nSPS) is 12.4. The zero-order chi connectivity index (χ0) is 13.7. The Morgan fingerprint density at radius 3 is 2.56 bits per heavy atom. The van der Waals surface area contributed by atoms with Gasteiger partial charge in [0.1, 0.15) is 6.04 Å². The molecule has 0 aromatic carbocycles. The van der Waals surface area contributed by atoms with Crippen LogP contribution in [0.3, 0.4) is 0 Å². The van der Waals surface area contributed by atoms with Crippen molar-refractivity contribution in [2.45, 2.75) is 32.7 Å². The molecule has 1 rings (SSSR count). The van der Waals surface area contributed by atoms with Crippen molar-refractivity contribution in [2.75, 3.05) is 0 Å². The van der Waals surface area contributed by atoms with Crippen molar-refractivity contribution in [3.8, 4) is 0 Å². The third-order valence-corrected chi connectivity index (χ3v) is 3.93. The van der Waals surface area contributed by atoms with Crippen LogP contribution in [0.5, 0.6) is 0 Å². The van der Waals surface area contributed by atoms with Crippen LogP contribution < -0.4 is 5.32 Å². The Morgan fingerprint density at radius 1 is 1.44 bits per heavy atom. The van der Waals surface area contributed by atoms with Gasteiger partial charge in [0.2, 0.25) is 5.91 Å². The summed E-state index contributed by atoms with van der Waals surface area (Å²) < 4.78 is 0.960. The molecule has 0 aliphatic heterocycles. The third-order valence-electron chi connectivity index (χ3n) is 2.30. The van der Waals surface area contributed by atoms with Crippen LogP contribution in [0.4, 0.5) is 0 Å². The Labute approximate surface area is 119 Å². The first-order chi connectivity index (χ1) is 8.38. The van der Waals surface area contributed by atoms with Gasteiger partial charge in [-0.15, -0.1) is 11.3 Å². The van der Waals surface area contributed by atoms with E-state index >= 15 is 0 Å². The molecule has 0 unspecified atom stereocenters. The number of carbonyl (C=O) groups is 2. The summed E-state index contributed by atoms with van der Waals surface area (Å²) >= 11 is 4.80. The first-order valence-electron chi connectivity index (χ1n) is 5.65. The topological polar surface area (TPSA) is 66.4 Å². The summed E-state index contributed by atoms with van der Waals surface area (Å²) in [6.07, 6.45) is 0.660. The minimum atomic E-state index is -0.982. The molecule has 0 bridgehead atoms. The van der Waals surface area contributed by atoms with E-state index in [1.165, 1.54) is 11.3 Å². The molecule has 6 heteroatoms. The lowest BCUT2D eigenvalue weighted by Crippen LogP contribution is -2.42. The van der Waals surface area contributed by atoms with Gasteiger partial charge in [-0.3, -0.25) is 4.79 Å². The Bertz CT molecular complexity index is 431. The zero-order valence-electron chi connectivity index (χ0n) is 10.3. The third kappa shape index (κ3) is 5.18. The molecule has 100 valence electrons. The van der Waals surface area contributed by atoms with E-state index in [1.54, 1.807) is 0 Å². The number of hydrogen-bond donors (Lipinski definition) is 2. The number of halogens is 1. The highest BCUT2D eigenvalue weighted by Gasteiger charge is 2.21. The standard InChI is InChI=1S/C12H16BrNO3S/c1-7(2)5-9(12(16)17)14-11(15)6-8-3-4-10(13)18-8/h3-4,7,9H,5-6H2,1-2H3,(H,14,15)(H,16,17)/t9-/m0/s1. The number of carboxylic acids is 1. The molecule has 0 radical (unpaired) electrons. The van der Waals surface area contributed by atoms with Crippen molar-refractivity contribution in [3.63, 3.8) is 0 Å². The first kappa shape index (κ1) is 15.2. The summed E-state index contributed by atoms with van der Waals surface area (Å²) in [5.41, 5.74) is 0. The maximum absolute atomic E-state index is 11.7. The minimum Gasteiger partial charge on any atom is -0.480 e. The van der Waals surface area contributed by atoms with Crippen LogP contribution >= 0.6 is 27.3 Å². The fourth-order valence-corrected chi connectivity index (χ4v) is 3.03. The van der Waals surface area contributed by atoms with Crippen LogP contribution in [0.25, 0.3) is 0 Å². The molecule has 0 aliphatic rings. The number of carbonyl (C=O) groups excluding carboxylic acids is 1. The molecule has 2 N–H and O–H groups in total. The van der Waals surface area contributed by atoms with Gasteiger partial charge in [0.25, 0.3) is 0 Å². The smallest absolute Gasteiger partial charge is 0.326 e. The van der Waals surface area contributed by atoms with Gasteiger partial charge in [-0.25, -0.2) is 4.79 Å². The number of rotatable bonds is 6. The molecule has 0 saturated carbocycles. The van der Waals surface area contributed by atoms with Gasteiger partial charge in [-0.05, 0) is 40.4 Å².